The van der Waals surface area contributed by atoms with Gasteiger partial charge in [0.1, 0.15) is 0 Å². The first kappa shape index (κ1) is 13.7. The Kier molecular flexibility index (Phi) is 5.22. The van der Waals surface area contributed by atoms with Crippen molar-refractivity contribution in [1.29, 1.82) is 0 Å². The summed E-state index contributed by atoms with van der Waals surface area (Å²) in [6, 6.07) is 0. The quantitative estimate of drug-likeness (QED) is 0.717. The average molecular weight is 294 g/mol. The van der Waals surface area contributed by atoms with Crippen LogP contribution in [0.25, 0.3) is 0 Å². The molecule has 0 rings (SSSR count). The molecule has 80 valence electrons. The van der Waals surface area contributed by atoms with Gasteiger partial charge in [0.2, 0.25) is 0 Å². The molecular formula is C9H25N3Sn. The zero-order valence-electron chi connectivity index (χ0n) is 10.4. The fourth-order valence-electron chi connectivity index (χ4n) is 2.75. The Labute approximate surface area is 88.6 Å². The monoisotopic (exact) mass is 295 g/mol. The Morgan fingerprint density at radius 2 is 0.923 bits per heavy atom. The molecule has 0 saturated carbocycles. The second-order valence-corrected chi connectivity index (χ2v) is 19.4. The van der Waals surface area contributed by atoms with Gasteiger partial charge in [-0.25, -0.2) is 0 Å². The van der Waals surface area contributed by atoms with E-state index in [2.05, 4.69) is 65.5 Å². The van der Waals surface area contributed by atoms with Crippen molar-refractivity contribution in [1.82, 2.24) is 9.36 Å². The van der Waals surface area contributed by atoms with Crippen LogP contribution >= 0.6 is 0 Å². The molecule has 0 aromatic carbocycles. The molecule has 0 radical (unpaired) electrons. The van der Waals surface area contributed by atoms with Gasteiger partial charge < -0.3 is 0 Å². The topological polar surface area (TPSA) is 9.72 Å². The fourth-order valence-corrected chi connectivity index (χ4v) is 18.4. The molecule has 13 heavy (non-hydrogen) atoms. The first-order valence-corrected chi connectivity index (χ1v) is 10.3. The molecule has 0 unspecified atom stereocenters. The van der Waals surface area contributed by atoms with Gasteiger partial charge in [-0.1, -0.05) is 0 Å². The van der Waals surface area contributed by atoms with Gasteiger partial charge >= 0.3 is 88.6 Å². The van der Waals surface area contributed by atoms with Gasteiger partial charge in [-0.05, 0) is 0 Å². The van der Waals surface area contributed by atoms with Gasteiger partial charge in [-0.15, -0.1) is 0 Å². The van der Waals surface area contributed by atoms with E-state index < -0.39 is 19.2 Å². The minimum atomic E-state index is -2.43. The summed E-state index contributed by atoms with van der Waals surface area (Å²) in [7, 11) is 13.3. The zero-order valence-corrected chi connectivity index (χ0v) is 13.3. The van der Waals surface area contributed by atoms with Gasteiger partial charge in [0.05, 0.1) is 0 Å². The van der Waals surface area contributed by atoms with E-state index in [1.165, 1.54) is 0 Å². The molecule has 0 heterocycles. The third kappa shape index (κ3) is 2.37. The maximum atomic E-state index is 2.47. The summed E-state index contributed by atoms with van der Waals surface area (Å²) in [5, 5.41) is 0. The van der Waals surface area contributed by atoms with Crippen molar-refractivity contribution in [2.24, 2.45) is 0 Å². The molecule has 0 amide bonds. The predicted molar refractivity (Wildman–Crippen MR) is 61.9 cm³/mol. The number of nitrogens with zero attached hydrogens (tertiary/aromatic N) is 3. The Morgan fingerprint density at radius 1 is 0.692 bits per heavy atom. The number of hydrogen-bond donors (Lipinski definition) is 0. The fraction of sp³-hybridized carbons (Fsp3) is 1.00. The first-order valence-electron chi connectivity index (χ1n) is 4.80. The van der Waals surface area contributed by atoms with Crippen molar-refractivity contribution in [2.45, 2.75) is 17.8 Å². The molecule has 0 aromatic heterocycles. The van der Waals surface area contributed by atoms with E-state index in [-0.39, 0.29) is 0 Å². The van der Waals surface area contributed by atoms with Crippen molar-refractivity contribution in [3.8, 4) is 0 Å². The van der Waals surface area contributed by atoms with Crippen molar-refractivity contribution < 1.29 is 0 Å². The second kappa shape index (κ2) is 4.96. The van der Waals surface area contributed by atoms with Gasteiger partial charge in [0.15, 0.2) is 0 Å². The van der Waals surface area contributed by atoms with Crippen LogP contribution in [0.1, 0.15) is 13.8 Å². The van der Waals surface area contributed by atoms with E-state index >= 15 is 0 Å². The third-order valence-electron chi connectivity index (χ3n) is 2.75. The van der Waals surface area contributed by atoms with Crippen LogP contribution in [0.3, 0.4) is 0 Å². The minimum absolute atomic E-state index is 0.759. The Bertz CT molecular complexity index is 117. The summed E-state index contributed by atoms with van der Waals surface area (Å²) in [6.07, 6.45) is 0. The molecule has 0 bridgehead atoms. The Hall–Kier alpha value is 0.679. The molecule has 0 N–H and O–H groups in total. The standard InChI is InChI=1S/C3H7.3C2H6N.Sn/c4*1-3-2;/h3H,1-2H3;3*1-2H3;/q;3*-1;+3. The van der Waals surface area contributed by atoms with E-state index in [0.717, 1.165) is 3.93 Å². The Morgan fingerprint density at radius 3 is 0.923 bits per heavy atom. The molecule has 4 heteroatoms. The normalized spacial score (nSPS) is 13.8. The summed E-state index contributed by atoms with van der Waals surface area (Å²) < 4.78 is 8.17. The van der Waals surface area contributed by atoms with Crippen LogP contribution < -0.4 is 0 Å². The van der Waals surface area contributed by atoms with Gasteiger partial charge in [0.25, 0.3) is 0 Å². The molecule has 0 atom stereocenters. The summed E-state index contributed by atoms with van der Waals surface area (Å²) in [5.74, 6) is 0. The summed E-state index contributed by atoms with van der Waals surface area (Å²) in [5.41, 5.74) is 0. The molecule has 3 nitrogen and oxygen atoms in total. The van der Waals surface area contributed by atoms with Crippen molar-refractivity contribution in [2.75, 3.05) is 42.3 Å². The van der Waals surface area contributed by atoms with Crippen LogP contribution in [0.2, 0.25) is 3.93 Å². The van der Waals surface area contributed by atoms with Crippen molar-refractivity contribution in [3.05, 3.63) is 0 Å². The molecule has 0 fully saturated rings. The van der Waals surface area contributed by atoms with Crippen LogP contribution in [0, 0.1) is 0 Å². The Balaban J connectivity index is 5.06. The van der Waals surface area contributed by atoms with Crippen molar-refractivity contribution in [3.63, 3.8) is 0 Å². The third-order valence-corrected chi connectivity index (χ3v) is 18.4. The van der Waals surface area contributed by atoms with Crippen LogP contribution in [-0.4, -0.2) is 70.8 Å². The SMILES string of the molecule is C[CH](C)[Sn]([N](C)C)([N](C)C)[N](C)C. The van der Waals surface area contributed by atoms with Gasteiger partial charge in [-0.3, -0.25) is 0 Å². The summed E-state index contributed by atoms with van der Waals surface area (Å²) in [4.78, 5) is 0. The van der Waals surface area contributed by atoms with E-state index in [1.807, 2.05) is 0 Å². The van der Waals surface area contributed by atoms with Crippen LogP contribution in [0.15, 0.2) is 0 Å². The van der Waals surface area contributed by atoms with E-state index in [0.29, 0.717) is 0 Å². The summed E-state index contributed by atoms with van der Waals surface area (Å²) >= 11 is -2.43. The maximum absolute atomic E-state index is 2.47. The molecule has 0 spiro atoms. The van der Waals surface area contributed by atoms with Gasteiger partial charge in [0, 0.05) is 0 Å². The zero-order chi connectivity index (χ0) is 10.8. The summed E-state index contributed by atoms with van der Waals surface area (Å²) in [6.45, 7) is 4.69. The van der Waals surface area contributed by atoms with Gasteiger partial charge in [-0.2, -0.15) is 0 Å². The molecule has 0 aliphatic carbocycles. The van der Waals surface area contributed by atoms with Crippen molar-refractivity contribution >= 4 is 19.2 Å². The molecule has 0 aromatic rings. The second-order valence-electron chi connectivity index (χ2n) is 4.53. The van der Waals surface area contributed by atoms with E-state index in [9.17, 15) is 0 Å². The number of rotatable bonds is 4. The molecular weight excluding hydrogens is 269 g/mol. The average Bonchev–Trinajstić information content (AvgIpc) is 1.82. The molecule has 0 aliphatic rings. The number of hydrogen-bond acceptors (Lipinski definition) is 3. The molecule has 0 saturated heterocycles. The van der Waals surface area contributed by atoms with Crippen LogP contribution in [0.5, 0.6) is 0 Å². The van der Waals surface area contributed by atoms with Crippen LogP contribution in [-0.2, 0) is 0 Å². The van der Waals surface area contributed by atoms with Crippen LogP contribution in [0.4, 0.5) is 0 Å². The van der Waals surface area contributed by atoms with E-state index in [4.69, 9.17) is 0 Å². The predicted octanol–water partition coefficient (Wildman–Crippen LogP) is 1.02. The van der Waals surface area contributed by atoms with E-state index in [1.54, 1.807) is 0 Å². The first-order chi connectivity index (χ1) is 5.77. The molecule has 0 aliphatic heterocycles.